The second-order valence-electron chi connectivity index (χ2n) is 6.05. The van der Waals surface area contributed by atoms with Gasteiger partial charge in [-0.2, -0.15) is 0 Å². The third kappa shape index (κ3) is 4.24. The van der Waals surface area contributed by atoms with E-state index in [1.54, 1.807) is 26.2 Å². The quantitative estimate of drug-likeness (QED) is 0.757. The Morgan fingerprint density at radius 2 is 1.96 bits per heavy atom. The first-order valence-corrected chi connectivity index (χ1v) is 8.09. The van der Waals surface area contributed by atoms with E-state index >= 15 is 0 Å². The predicted octanol–water partition coefficient (Wildman–Crippen LogP) is 2.89. The molecular formula is C18H25NO4. The highest BCUT2D eigenvalue weighted by atomic mass is 16.5. The minimum absolute atomic E-state index is 0.0495. The molecular weight excluding hydrogens is 294 g/mol. The van der Waals surface area contributed by atoms with Gasteiger partial charge in [0, 0.05) is 18.2 Å². The number of carbonyl (C=O) groups is 2. The van der Waals surface area contributed by atoms with Gasteiger partial charge < -0.3 is 14.4 Å². The average Bonchev–Trinajstić information content (AvgIpc) is 3.12. The number of hydrogen-bond acceptors (Lipinski definition) is 4. The van der Waals surface area contributed by atoms with E-state index in [9.17, 15) is 9.59 Å². The van der Waals surface area contributed by atoms with E-state index in [0.717, 1.165) is 25.7 Å². The van der Waals surface area contributed by atoms with E-state index < -0.39 is 0 Å². The van der Waals surface area contributed by atoms with Crippen molar-refractivity contribution < 1.29 is 19.1 Å². The molecule has 0 N–H and O–H groups in total. The first-order valence-electron chi connectivity index (χ1n) is 8.09. The number of carbonyl (C=O) groups excluding carboxylic acids is 2. The van der Waals surface area contributed by atoms with Gasteiger partial charge in [-0.25, -0.2) is 0 Å². The minimum atomic E-state index is -0.338. The molecule has 5 nitrogen and oxygen atoms in total. The largest absolute Gasteiger partial charge is 0.497 e. The molecule has 1 aromatic rings. The molecule has 0 aromatic heterocycles. The van der Waals surface area contributed by atoms with E-state index in [1.165, 1.54) is 7.11 Å². The summed E-state index contributed by atoms with van der Waals surface area (Å²) < 4.78 is 10.0. The van der Waals surface area contributed by atoms with Crippen molar-refractivity contribution in [1.82, 2.24) is 4.90 Å². The second-order valence-corrected chi connectivity index (χ2v) is 6.05. The van der Waals surface area contributed by atoms with Gasteiger partial charge in [0.15, 0.2) is 0 Å². The maximum Gasteiger partial charge on any atom is 0.310 e. The summed E-state index contributed by atoms with van der Waals surface area (Å²) in [4.78, 5) is 26.5. The third-order valence-electron chi connectivity index (χ3n) is 4.42. The van der Waals surface area contributed by atoms with Crippen molar-refractivity contribution in [3.8, 4) is 5.75 Å². The van der Waals surface area contributed by atoms with Crippen LogP contribution in [0.3, 0.4) is 0 Å². The van der Waals surface area contributed by atoms with Gasteiger partial charge in [-0.15, -0.1) is 0 Å². The molecule has 1 aliphatic rings. The number of esters is 1. The van der Waals surface area contributed by atoms with Gasteiger partial charge in [0.25, 0.3) is 5.91 Å². The highest BCUT2D eigenvalue weighted by Crippen LogP contribution is 2.26. The van der Waals surface area contributed by atoms with Crippen LogP contribution < -0.4 is 4.74 Å². The van der Waals surface area contributed by atoms with Gasteiger partial charge in [-0.05, 0) is 31.0 Å². The van der Waals surface area contributed by atoms with Gasteiger partial charge in [0.05, 0.1) is 20.1 Å². The van der Waals surface area contributed by atoms with E-state index in [0.29, 0.717) is 17.9 Å². The molecule has 1 aliphatic carbocycles. The van der Waals surface area contributed by atoms with E-state index in [-0.39, 0.29) is 23.8 Å². The molecule has 0 aliphatic heterocycles. The maximum atomic E-state index is 13.0. The molecule has 126 valence electrons. The SMILES string of the molecule is COC(=O)C(C)CN(C(=O)c1cccc(OC)c1)C1CCCC1. The van der Waals surface area contributed by atoms with Crippen molar-refractivity contribution in [3.05, 3.63) is 29.8 Å². The Labute approximate surface area is 137 Å². The molecule has 0 bridgehead atoms. The fourth-order valence-electron chi connectivity index (χ4n) is 3.11. The average molecular weight is 319 g/mol. The van der Waals surface area contributed by atoms with Crippen LogP contribution in [0.15, 0.2) is 24.3 Å². The molecule has 1 unspecified atom stereocenters. The van der Waals surface area contributed by atoms with Crippen LogP contribution in [0.2, 0.25) is 0 Å². The normalized spacial score (nSPS) is 16.0. The summed E-state index contributed by atoms with van der Waals surface area (Å²) in [5.41, 5.74) is 0.591. The number of nitrogens with zero attached hydrogens (tertiary/aromatic N) is 1. The van der Waals surface area contributed by atoms with Gasteiger partial charge in [-0.3, -0.25) is 9.59 Å². The molecule has 1 fully saturated rings. The molecule has 2 rings (SSSR count). The van der Waals surface area contributed by atoms with Gasteiger partial charge in [0.1, 0.15) is 5.75 Å². The Morgan fingerprint density at radius 1 is 1.26 bits per heavy atom. The van der Waals surface area contributed by atoms with Crippen LogP contribution in [-0.2, 0) is 9.53 Å². The van der Waals surface area contributed by atoms with Gasteiger partial charge in [0.2, 0.25) is 0 Å². The molecule has 1 saturated carbocycles. The topological polar surface area (TPSA) is 55.8 Å². The van der Waals surface area contributed by atoms with Crippen molar-refractivity contribution in [3.63, 3.8) is 0 Å². The molecule has 23 heavy (non-hydrogen) atoms. The van der Waals surface area contributed by atoms with Gasteiger partial charge in [-0.1, -0.05) is 25.8 Å². The van der Waals surface area contributed by atoms with E-state index in [4.69, 9.17) is 9.47 Å². The highest BCUT2D eigenvalue weighted by Gasteiger charge is 2.30. The Morgan fingerprint density at radius 3 is 2.57 bits per heavy atom. The molecule has 5 heteroatoms. The summed E-state index contributed by atoms with van der Waals surface area (Å²) in [5.74, 6) is -0.0172. The zero-order valence-corrected chi connectivity index (χ0v) is 14.1. The van der Waals surface area contributed by atoms with Crippen LogP contribution in [-0.4, -0.2) is 43.6 Å². The molecule has 0 radical (unpaired) electrons. The Hall–Kier alpha value is -2.04. The molecule has 0 saturated heterocycles. The molecule has 1 aromatic carbocycles. The minimum Gasteiger partial charge on any atom is -0.497 e. The number of methoxy groups -OCH3 is 2. The smallest absolute Gasteiger partial charge is 0.310 e. The lowest BCUT2D eigenvalue weighted by atomic mass is 10.1. The van der Waals surface area contributed by atoms with Crippen molar-refractivity contribution >= 4 is 11.9 Å². The first kappa shape index (κ1) is 17.3. The Kier molecular flexibility index (Phi) is 6.02. The van der Waals surface area contributed by atoms with E-state index in [1.807, 2.05) is 17.0 Å². The van der Waals surface area contributed by atoms with Crippen LogP contribution in [0.5, 0.6) is 5.75 Å². The lowest BCUT2D eigenvalue weighted by molar-refractivity contribution is -0.145. The summed E-state index contributed by atoms with van der Waals surface area (Å²) in [6.07, 6.45) is 4.23. The molecule has 0 heterocycles. The fraction of sp³-hybridized carbons (Fsp3) is 0.556. The summed E-state index contributed by atoms with van der Waals surface area (Å²) in [7, 11) is 2.96. The monoisotopic (exact) mass is 319 g/mol. The van der Waals surface area contributed by atoms with Crippen molar-refractivity contribution in [2.75, 3.05) is 20.8 Å². The van der Waals surface area contributed by atoms with Crippen LogP contribution in [0, 0.1) is 5.92 Å². The second kappa shape index (κ2) is 7.99. The summed E-state index contributed by atoms with van der Waals surface area (Å²) in [6.45, 7) is 2.18. The van der Waals surface area contributed by atoms with E-state index in [2.05, 4.69) is 0 Å². The zero-order valence-electron chi connectivity index (χ0n) is 14.1. The summed E-state index contributed by atoms with van der Waals surface area (Å²) in [6, 6.07) is 7.35. The predicted molar refractivity (Wildman–Crippen MR) is 87.5 cm³/mol. The number of ether oxygens (including phenoxy) is 2. The number of hydrogen-bond donors (Lipinski definition) is 0. The summed E-state index contributed by atoms with van der Waals surface area (Å²) >= 11 is 0. The van der Waals surface area contributed by atoms with Crippen molar-refractivity contribution in [2.24, 2.45) is 5.92 Å². The van der Waals surface area contributed by atoms with Gasteiger partial charge >= 0.3 is 5.97 Å². The van der Waals surface area contributed by atoms with Crippen LogP contribution >= 0.6 is 0 Å². The fourth-order valence-corrected chi connectivity index (χ4v) is 3.11. The van der Waals surface area contributed by atoms with Crippen molar-refractivity contribution in [1.29, 1.82) is 0 Å². The maximum absolute atomic E-state index is 13.0. The zero-order chi connectivity index (χ0) is 16.8. The van der Waals surface area contributed by atoms with Crippen LogP contribution in [0.1, 0.15) is 43.0 Å². The third-order valence-corrected chi connectivity index (χ3v) is 4.42. The Bertz CT molecular complexity index is 552. The summed E-state index contributed by atoms with van der Waals surface area (Å²) in [5, 5.41) is 0. The highest BCUT2D eigenvalue weighted by molar-refractivity contribution is 5.95. The molecule has 0 spiro atoms. The lowest BCUT2D eigenvalue weighted by Gasteiger charge is -2.31. The first-order chi connectivity index (χ1) is 11.1. The Balaban J connectivity index is 2.21. The van der Waals surface area contributed by atoms with Crippen molar-refractivity contribution in [2.45, 2.75) is 38.6 Å². The molecule has 1 amide bonds. The van der Waals surface area contributed by atoms with Crippen LogP contribution in [0.25, 0.3) is 0 Å². The van der Waals surface area contributed by atoms with Crippen LogP contribution in [0.4, 0.5) is 0 Å². The molecule has 1 atom stereocenters. The number of rotatable bonds is 6. The standard InChI is InChI=1S/C18H25NO4/c1-13(18(21)23-3)12-19(15-8-4-5-9-15)17(20)14-7-6-10-16(11-14)22-2/h6-7,10-11,13,15H,4-5,8-9,12H2,1-3H3. The number of amides is 1. The number of benzene rings is 1. The lowest BCUT2D eigenvalue weighted by Crippen LogP contribution is -2.43.